The van der Waals surface area contributed by atoms with Crippen molar-refractivity contribution in [2.24, 2.45) is 0 Å². The van der Waals surface area contributed by atoms with Crippen molar-refractivity contribution in [3.05, 3.63) is 33.4 Å². The zero-order chi connectivity index (χ0) is 11.6. The number of halogens is 4. The lowest BCUT2D eigenvalue weighted by Crippen LogP contribution is -2.04. The first-order chi connectivity index (χ1) is 6.97. The molecule has 0 saturated carbocycles. The van der Waals surface area contributed by atoms with Crippen LogP contribution in [0.15, 0.2) is 6.07 Å². The highest BCUT2D eigenvalue weighted by Crippen LogP contribution is 2.30. The Morgan fingerprint density at radius 3 is 2.60 bits per heavy atom. The van der Waals surface area contributed by atoms with Crippen LogP contribution in [0.1, 0.15) is 17.8 Å². The smallest absolute Gasteiger partial charge is 0.258 e. The first kappa shape index (κ1) is 11.7. The van der Waals surface area contributed by atoms with Crippen LogP contribution in [-0.4, -0.2) is 9.91 Å². The maximum Gasteiger partial charge on any atom is 0.331 e. The van der Waals surface area contributed by atoms with E-state index in [9.17, 15) is 23.3 Å². The van der Waals surface area contributed by atoms with Crippen molar-refractivity contribution in [3.63, 3.8) is 0 Å². The van der Waals surface area contributed by atoms with Gasteiger partial charge >= 0.3 is 5.69 Å². The third-order valence-electron chi connectivity index (χ3n) is 1.55. The van der Waals surface area contributed by atoms with E-state index in [-0.39, 0.29) is 11.6 Å². The highest BCUT2D eigenvalue weighted by molar-refractivity contribution is 6.16. The van der Waals surface area contributed by atoms with Gasteiger partial charge in [-0.05, 0) is 0 Å². The predicted molar refractivity (Wildman–Crippen MR) is 45.4 cm³/mol. The van der Waals surface area contributed by atoms with Gasteiger partial charge in [-0.1, -0.05) is 0 Å². The number of hydrogen-bond acceptors (Lipinski definition) is 3. The summed E-state index contributed by atoms with van der Waals surface area (Å²) < 4.78 is 37.7. The Hall–Kier alpha value is -1.37. The van der Waals surface area contributed by atoms with E-state index in [4.69, 9.17) is 11.6 Å². The molecule has 1 aromatic rings. The van der Waals surface area contributed by atoms with Gasteiger partial charge in [0.1, 0.15) is 0 Å². The summed E-state index contributed by atoms with van der Waals surface area (Å²) in [5, 5.41) is 10.3. The highest BCUT2D eigenvalue weighted by Gasteiger charge is 2.28. The van der Waals surface area contributed by atoms with Crippen LogP contribution in [0.2, 0.25) is 0 Å². The van der Waals surface area contributed by atoms with Crippen molar-refractivity contribution in [2.45, 2.75) is 12.3 Å². The van der Waals surface area contributed by atoms with Gasteiger partial charge in [-0.3, -0.25) is 10.1 Å². The molecule has 1 aromatic heterocycles. The van der Waals surface area contributed by atoms with Crippen molar-refractivity contribution in [2.75, 3.05) is 0 Å². The average molecular weight is 241 g/mol. The van der Waals surface area contributed by atoms with Gasteiger partial charge < -0.3 is 0 Å². The van der Waals surface area contributed by atoms with Crippen LogP contribution in [-0.2, 0) is 5.88 Å². The van der Waals surface area contributed by atoms with Gasteiger partial charge in [0, 0.05) is 6.07 Å². The molecule has 0 N–H and O–H groups in total. The molecule has 0 aromatic carbocycles. The van der Waals surface area contributed by atoms with E-state index in [1.807, 2.05) is 0 Å². The molecular weight excluding hydrogens is 237 g/mol. The van der Waals surface area contributed by atoms with E-state index in [1.165, 1.54) is 0 Å². The Labute approximate surface area is 86.8 Å². The number of hydrogen-bond donors (Lipinski definition) is 0. The van der Waals surface area contributed by atoms with E-state index < -0.39 is 28.5 Å². The van der Waals surface area contributed by atoms with Crippen molar-refractivity contribution in [1.82, 2.24) is 4.98 Å². The van der Waals surface area contributed by atoms with Crippen LogP contribution in [0, 0.1) is 15.9 Å². The molecule has 0 saturated heterocycles. The minimum absolute atomic E-state index is 0.171. The minimum Gasteiger partial charge on any atom is -0.258 e. The molecule has 0 aliphatic carbocycles. The summed E-state index contributed by atoms with van der Waals surface area (Å²) in [5.74, 6) is -1.66. The lowest BCUT2D eigenvalue weighted by molar-refractivity contribution is -0.389. The third kappa shape index (κ3) is 2.35. The number of alkyl halides is 3. The van der Waals surface area contributed by atoms with Crippen LogP contribution >= 0.6 is 11.6 Å². The number of pyridine rings is 1. The van der Waals surface area contributed by atoms with Gasteiger partial charge in [-0.15, -0.1) is 11.6 Å². The molecule has 0 fully saturated rings. The van der Waals surface area contributed by atoms with Crippen molar-refractivity contribution in [1.29, 1.82) is 0 Å². The normalized spacial score (nSPS) is 10.7. The number of nitrogens with zero attached hydrogens (tertiary/aromatic N) is 2. The molecule has 0 unspecified atom stereocenters. The molecule has 82 valence electrons. The number of aromatic nitrogens is 1. The Bertz CT molecular complexity index is 400. The average Bonchev–Trinajstić information content (AvgIpc) is 2.15. The molecule has 4 nitrogen and oxygen atoms in total. The van der Waals surface area contributed by atoms with Gasteiger partial charge in [0.25, 0.3) is 6.43 Å². The summed E-state index contributed by atoms with van der Waals surface area (Å²) in [6.45, 7) is 0. The van der Waals surface area contributed by atoms with Gasteiger partial charge in [0.05, 0.1) is 16.5 Å². The zero-order valence-corrected chi connectivity index (χ0v) is 7.84. The third-order valence-corrected chi connectivity index (χ3v) is 1.83. The molecular formula is C7H4ClF3N2O2. The molecule has 1 rings (SSSR count). The summed E-state index contributed by atoms with van der Waals surface area (Å²) in [5.41, 5.74) is -2.68. The standard InChI is InChI=1S/C7H4ClF3N2O2/c8-2-3-1-4(9)6(13(14)15)5(12-3)7(10)11/h1,7H,2H2. The summed E-state index contributed by atoms with van der Waals surface area (Å²) >= 11 is 5.26. The maximum atomic E-state index is 13.0. The van der Waals surface area contributed by atoms with Crippen molar-refractivity contribution < 1.29 is 18.1 Å². The zero-order valence-electron chi connectivity index (χ0n) is 7.08. The monoisotopic (exact) mass is 240 g/mol. The quantitative estimate of drug-likeness (QED) is 0.464. The Kier molecular flexibility index (Phi) is 3.46. The SMILES string of the molecule is O=[N+]([O-])c1c(F)cc(CCl)nc1C(F)F. The first-order valence-corrected chi connectivity index (χ1v) is 4.18. The van der Waals surface area contributed by atoms with E-state index in [0.717, 1.165) is 0 Å². The maximum absolute atomic E-state index is 13.0. The molecule has 8 heteroatoms. The van der Waals surface area contributed by atoms with Crippen molar-refractivity contribution in [3.8, 4) is 0 Å². The van der Waals surface area contributed by atoms with Gasteiger partial charge in [0.2, 0.25) is 5.82 Å². The lowest BCUT2D eigenvalue weighted by atomic mass is 10.2. The molecule has 0 atom stereocenters. The molecule has 15 heavy (non-hydrogen) atoms. The van der Waals surface area contributed by atoms with Gasteiger partial charge in [-0.2, -0.15) is 4.39 Å². The Morgan fingerprint density at radius 1 is 1.60 bits per heavy atom. The van der Waals surface area contributed by atoms with Gasteiger partial charge in [0.15, 0.2) is 5.69 Å². The molecule has 0 amide bonds. The summed E-state index contributed by atoms with van der Waals surface area (Å²) in [4.78, 5) is 12.3. The fraction of sp³-hybridized carbons (Fsp3) is 0.286. The Balaban J connectivity index is 3.42. The van der Waals surface area contributed by atoms with Crippen LogP contribution in [0.5, 0.6) is 0 Å². The van der Waals surface area contributed by atoms with Crippen molar-refractivity contribution >= 4 is 17.3 Å². The van der Waals surface area contributed by atoms with Crippen LogP contribution in [0.25, 0.3) is 0 Å². The largest absolute Gasteiger partial charge is 0.331 e. The summed E-state index contributed by atoms with van der Waals surface area (Å²) in [6, 6.07) is 0.664. The summed E-state index contributed by atoms with van der Waals surface area (Å²) in [7, 11) is 0. The number of rotatable bonds is 3. The number of nitro groups is 1. The molecule has 0 aliphatic heterocycles. The lowest BCUT2D eigenvalue weighted by Gasteiger charge is -2.03. The fourth-order valence-corrected chi connectivity index (χ4v) is 1.12. The molecule has 0 bridgehead atoms. The van der Waals surface area contributed by atoms with Crippen LogP contribution in [0.3, 0.4) is 0 Å². The Morgan fingerprint density at radius 2 is 2.20 bits per heavy atom. The topological polar surface area (TPSA) is 56.0 Å². The molecule has 1 heterocycles. The second kappa shape index (κ2) is 4.43. The highest BCUT2D eigenvalue weighted by atomic mass is 35.5. The molecule has 0 spiro atoms. The first-order valence-electron chi connectivity index (χ1n) is 3.65. The second-order valence-electron chi connectivity index (χ2n) is 2.52. The molecule has 0 aliphatic rings. The second-order valence-corrected chi connectivity index (χ2v) is 2.79. The van der Waals surface area contributed by atoms with E-state index in [2.05, 4.69) is 4.98 Å². The summed E-state index contributed by atoms with van der Waals surface area (Å²) in [6.07, 6.45) is -3.22. The van der Waals surface area contributed by atoms with E-state index >= 15 is 0 Å². The van der Waals surface area contributed by atoms with Crippen LogP contribution < -0.4 is 0 Å². The predicted octanol–water partition coefficient (Wildman–Crippen LogP) is 2.81. The molecule has 0 radical (unpaired) electrons. The van der Waals surface area contributed by atoms with E-state index in [0.29, 0.717) is 6.07 Å². The van der Waals surface area contributed by atoms with E-state index in [1.54, 1.807) is 0 Å². The van der Waals surface area contributed by atoms with Crippen LogP contribution in [0.4, 0.5) is 18.9 Å². The minimum atomic E-state index is -3.22. The van der Waals surface area contributed by atoms with Gasteiger partial charge in [-0.25, -0.2) is 13.8 Å². The fourth-order valence-electron chi connectivity index (χ4n) is 0.978.